The van der Waals surface area contributed by atoms with Gasteiger partial charge in [0, 0.05) is 31.2 Å². The smallest absolute Gasteiger partial charge is 0.136 e. The summed E-state index contributed by atoms with van der Waals surface area (Å²) in [6.45, 7) is 8.72. The molecule has 0 saturated carbocycles. The lowest BCUT2D eigenvalue weighted by Gasteiger charge is -2.32. The normalized spacial score (nSPS) is 17.1. The van der Waals surface area contributed by atoms with E-state index in [1.165, 1.54) is 39.1 Å². The van der Waals surface area contributed by atoms with Crippen molar-refractivity contribution in [3.05, 3.63) is 27.2 Å². The first-order valence-corrected chi connectivity index (χ1v) is 8.72. The minimum atomic E-state index is 0.738. The Bertz CT molecular complexity index is 439. The molecule has 1 aliphatic heterocycles. The number of ether oxygens (including phenoxy) is 1. The third-order valence-electron chi connectivity index (χ3n) is 3.91. The van der Waals surface area contributed by atoms with E-state index < -0.39 is 0 Å². The Morgan fingerprint density at radius 1 is 1.19 bits per heavy atom. The molecular weight excluding hydrogens is 352 g/mol. The highest BCUT2D eigenvalue weighted by molar-refractivity contribution is 9.10. The summed E-state index contributed by atoms with van der Waals surface area (Å²) in [6, 6.07) is 3.82. The summed E-state index contributed by atoms with van der Waals surface area (Å²) in [5, 5.41) is 0.738. The summed E-state index contributed by atoms with van der Waals surface area (Å²) in [5.74, 6) is 0.916. The van der Waals surface area contributed by atoms with Crippen molar-refractivity contribution in [1.82, 2.24) is 9.80 Å². The molecule has 0 radical (unpaired) electrons. The number of unbranched alkanes of at least 4 members (excludes halogenated alkanes) is 1. The van der Waals surface area contributed by atoms with Crippen molar-refractivity contribution in [2.45, 2.75) is 19.8 Å². The second-order valence-electron chi connectivity index (χ2n) is 5.73. The second kappa shape index (κ2) is 8.37. The van der Waals surface area contributed by atoms with Gasteiger partial charge >= 0.3 is 0 Å². The van der Waals surface area contributed by atoms with Gasteiger partial charge in [-0.2, -0.15) is 0 Å². The van der Waals surface area contributed by atoms with E-state index >= 15 is 0 Å². The Hall–Kier alpha value is -0.290. The largest absolute Gasteiger partial charge is 0.492 e. The van der Waals surface area contributed by atoms with Crippen LogP contribution in [0.3, 0.4) is 0 Å². The van der Waals surface area contributed by atoms with Crippen LogP contribution in [0.1, 0.15) is 18.4 Å². The third-order valence-corrected chi connectivity index (χ3v) is 4.71. The van der Waals surface area contributed by atoms with E-state index in [4.69, 9.17) is 16.3 Å². The fourth-order valence-electron chi connectivity index (χ4n) is 2.55. The summed E-state index contributed by atoms with van der Waals surface area (Å²) >= 11 is 9.52. The lowest BCUT2D eigenvalue weighted by molar-refractivity contribution is 0.149. The molecule has 0 aliphatic carbocycles. The van der Waals surface area contributed by atoms with Crippen molar-refractivity contribution in [2.75, 3.05) is 46.4 Å². The number of halogens is 2. The lowest BCUT2D eigenvalue weighted by Crippen LogP contribution is -2.44. The molecule has 1 aromatic rings. The van der Waals surface area contributed by atoms with Crippen molar-refractivity contribution in [3.8, 4) is 5.75 Å². The maximum atomic E-state index is 6.01. The van der Waals surface area contributed by atoms with Gasteiger partial charge in [-0.3, -0.25) is 0 Å². The summed E-state index contributed by atoms with van der Waals surface area (Å²) < 4.78 is 6.83. The molecule has 1 fully saturated rings. The lowest BCUT2D eigenvalue weighted by atomic mass is 10.2. The van der Waals surface area contributed by atoms with Gasteiger partial charge in [0.1, 0.15) is 5.75 Å². The van der Waals surface area contributed by atoms with Gasteiger partial charge in [0.05, 0.1) is 11.1 Å². The summed E-state index contributed by atoms with van der Waals surface area (Å²) in [7, 11) is 2.19. The second-order valence-corrected chi connectivity index (χ2v) is 7.02. The monoisotopic (exact) mass is 374 g/mol. The van der Waals surface area contributed by atoms with Gasteiger partial charge in [0.15, 0.2) is 0 Å². The summed E-state index contributed by atoms with van der Waals surface area (Å²) in [5.41, 5.74) is 1.08. The van der Waals surface area contributed by atoms with Crippen LogP contribution in [-0.2, 0) is 0 Å². The summed E-state index contributed by atoms with van der Waals surface area (Å²) in [6.07, 6.45) is 2.27. The van der Waals surface area contributed by atoms with Crippen LogP contribution in [0.25, 0.3) is 0 Å². The zero-order valence-electron chi connectivity index (χ0n) is 12.9. The van der Waals surface area contributed by atoms with E-state index in [1.54, 1.807) is 0 Å². The topological polar surface area (TPSA) is 15.7 Å². The van der Waals surface area contributed by atoms with Crippen molar-refractivity contribution in [2.24, 2.45) is 0 Å². The molecular formula is C16H24BrClN2O. The number of rotatable bonds is 6. The fraction of sp³-hybridized carbons (Fsp3) is 0.625. The van der Waals surface area contributed by atoms with E-state index in [1.807, 2.05) is 19.1 Å². The van der Waals surface area contributed by atoms with Crippen molar-refractivity contribution in [1.29, 1.82) is 0 Å². The maximum Gasteiger partial charge on any atom is 0.136 e. The number of nitrogens with zero attached hydrogens (tertiary/aromatic N) is 2. The molecule has 1 aromatic carbocycles. The number of benzene rings is 1. The molecule has 0 spiro atoms. The molecule has 2 rings (SSSR count). The maximum absolute atomic E-state index is 6.01. The van der Waals surface area contributed by atoms with E-state index in [0.717, 1.165) is 33.8 Å². The van der Waals surface area contributed by atoms with Crippen LogP contribution in [0.5, 0.6) is 5.75 Å². The molecule has 1 heterocycles. The fourth-order valence-corrected chi connectivity index (χ4v) is 3.63. The average Bonchev–Trinajstić information content (AvgIpc) is 2.43. The Labute approximate surface area is 141 Å². The third kappa shape index (κ3) is 5.44. The van der Waals surface area contributed by atoms with Crippen LogP contribution in [0.15, 0.2) is 16.6 Å². The van der Waals surface area contributed by atoms with Crippen LogP contribution < -0.4 is 4.74 Å². The molecule has 5 heteroatoms. The van der Waals surface area contributed by atoms with Crippen LogP contribution in [0.2, 0.25) is 5.02 Å². The SMILES string of the molecule is Cc1cc(Cl)cc(Br)c1OCCCCN1CCN(C)CC1. The molecule has 0 amide bonds. The molecule has 0 bridgehead atoms. The van der Waals surface area contributed by atoms with E-state index in [-0.39, 0.29) is 0 Å². The van der Waals surface area contributed by atoms with Crippen molar-refractivity contribution >= 4 is 27.5 Å². The van der Waals surface area contributed by atoms with Crippen LogP contribution in [0, 0.1) is 6.92 Å². The average molecular weight is 376 g/mol. The molecule has 1 aliphatic rings. The number of hydrogen-bond donors (Lipinski definition) is 0. The van der Waals surface area contributed by atoms with E-state index in [2.05, 4.69) is 32.8 Å². The Morgan fingerprint density at radius 3 is 2.57 bits per heavy atom. The Morgan fingerprint density at radius 2 is 1.90 bits per heavy atom. The van der Waals surface area contributed by atoms with Gasteiger partial charge < -0.3 is 14.5 Å². The molecule has 0 unspecified atom stereocenters. The first-order chi connectivity index (χ1) is 10.1. The van der Waals surface area contributed by atoms with Gasteiger partial charge in [-0.05, 0) is 67.0 Å². The van der Waals surface area contributed by atoms with Gasteiger partial charge in [-0.25, -0.2) is 0 Å². The minimum absolute atomic E-state index is 0.738. The first-order valence-electron chi connectivity index (χ1n) is 7.55. The summed E-state index contributed by atoms with van der Waals surface area (Å²) in [4.78, 5) is 4.93. The zero-order chi connectivity index (χ0) is 15.2. The number of hydrogen-bond acceptors (Lipinski definition) is 3. The number of piperazine rings is 1. The Kier molecular flexibility index (Phi) is 6.80. The molecule has 21 heavy (non-hydrogen) atoms. The van der Waals surface area contributed by atoms with Gasteiger partial charge in [0.25, 0.3) is 0 Å². The molecule has 1 saturated heterocycles. The van der Waals surface area contributed by atoms with Crippen molar-refractivity contribution < 1.29 is 4.74 Å². The van der Waals surface area contributed by atoms with Gasteiger partial charge in [-0.1, -0.05) is 11.6 Å². The number of likely N-dealkylation sites (N-methyl/N-ethyl adjacent to an activating group) is 1. The van der Waals surface area contributed by atoms with Gasteiger partial charge in [-0.15, -0.1) is 0 Å². The number of aryl methyl sites for hydroxylation is 1. The van der Waals surface area contributed by atoms with Crippen LogP contribution in [-0.4, -0.2) is 56.2 Å². The highest BCUT2D eigenvalue weighted by Crippen LogP contribution is 2.32. The molecule has 0 aromatic heterocycles. The van der Waals surface area contributed by atoms with Crippen LogP contribution >= 0.6 is 27.5 Å². The zero-order valence-corrected chi connectivity index (χ0v) is 15.2. The highest BCUT2D eigenvalue weighted by atomic mass is 79.9. The highest BCUT2D eigenvalue weighted by Gasteiger charge is 2.13. The van der Waals surface area contributed by atoms with Crippen molar-refractivity contribution in [3.63, 3.8) is 0 Å². The Balaban J connectivity index is 1.66. The van der Waals surface area contributed by atoms with E-state index in [0.29, 0.717) is 0 Å². The molecule has 0 N–H and O–H groups in total. The predicted octanol–water partition coefficient (Wildman–Crippen LogP) is 3.82. The van der Waals surface area contributed by atoms with E-state index in [9.17, 15) is 0 Å². The molecule has 3 nitrogen and oxygen atoms in total. The first kappa shape index (κ1) is 17.1. The van der Waals surface area contributed by atoms with Crippen LogP contribution in [0.4, 0.5) is 0 Å². The molecule has 0 atom stereocenters. The molecule has 118 valence electrons. The minimum Gasteiger partial charge on any atom is -0.492 e. The van der Waals surface area contributed by atoms with Gasteiger partial charge in [0.2, 0.25) is 0 Å². The standard InChI is InChI=1S/C16H24BrClN2O/c1-13-11-14(18)12-15(17)16(13)21-10-4-3-5-20-8-6-19(2)7-9-20/h11-12H,3-10H2,1-2H3. The quantitative estimate of drug-likeness (QED) is 0.703. The predicted molar refractivity (Wildman–Crippen MR) is 92.6 cm³/mol.